The highest BCUT2D eigenvalue weighted by Gasteiger charge is 2.17. The molecule has 0 aromatic heterocycles. The van der Waals surface area contributed by atoms with E-state index in [4.69, 9.17) is 4.74 Å². The van der Waals surface area contributed by atoms with Gasteiger partial charge in [0, 0.05) is 52.1 Å². The van der Waals surface area contributed by atoms with Crippen molar-refractivity contribution in [1.29, 1.82) is 0 Å². The first-order valence-electron chi connectivity index (χ1n) is 7.99. The largest absolute Gasteiger partial charge is 0.379 e. The van der Waals surface area contributed by atoms with Gasteiger partial charge in [-0.2, -0.15) is 0 Å². The number of halogens is 2. The van der Waals surface area contributed by atoms with E-state index in [9.17, 15) is 18.4 Å². The van der Waals surface area contributed by atoms with Crippen molar-refractivity contribution in [2.24, 2.45) is 0 Å². The number of likely N-dealkylation sites (N-methyl/N-ethyl adjacent to an activating group) is 1. The van der Waals surface area contributed by atoms with Crippen molar-refractivity contribution in [1.82, 2.24) is 9.80 Å². The lowest BCUT2D eigenvalue weighted by Gasteiger charge is -2.28. The van der Waals surface area contributed by atoms with Gasteiger partial charge in [-0.25, -0.2) is 8.78 Å². The standard InChI is InChI=1S/C17H22F2N2O3/c1-20(6-7-21-8-10-24-11-9-21)17(23)5-4-16(22)14-3-2-13(18)12-15(14)19/h2-3,12H,4-11H2,1H3. The second-order valence-corrected chi connectivity index (χ2v) is 5.82. The first kappa shape index (κ1) is 18.5. The van der Waals surface area contributed by atoms with Crippen molar-refractivity contribution in [3.8, 4) is 0 Å². The van der Waals surface area contributed by atoms with Gasteiger partial charge in [0.25, 0.3) is 0 Å². The summed E-state index contributed by atoms with van der Waals surface area (Å²) in [4.78, 5) is 27.8. The molecule has 2 rings (SSSR count). The van der Waals surface area contributed by atoms with Crippen LogP contribution in [0.15, 0.2) is 18.2 Å². The van der Waals surface area contributed by atoms with E-state index >= 15 is 0 Å². The molecule has 24 heavy (non-hydrogen) atoms. The Morgan fingerprint density at radius 3 is 2.58 bits per heavy atom. The van der Waals surface area contributed by atoms with Crippen molar-refractivity contribution < 1.29 is 23.1 Å². The molecule has 5 nitrogen and oxygen atoms in total. The third-order valence-corrected chi connectivity index (χ3v) is 4.08. The summed E-state index contributed by atoms with van der Waals surface area (Å²) in [6.07, 6.45) is -0.0848. The monoisotopic (exact) mass is 340 g/mol. The van der Waals surface area contributed by atoms with Gasteiger partial charge in [-0.05, 0) is 12.1 Å². The van der Waals surface area contributed by atoms with Gasteiger partial charge in [0.1, 0.15) is 11.6 Å². The van der Waals surface area contributed by atoms with Crippen molar-refractivity contribution in [2.45, 2.75) is 12.8 Å². The number of amides is 1. The Bertz CT molecular complexity index is 589. The third-order valence-electron chi connectivity index (χ3n) is 4.08. The molecular weight excluding hydrogens is 318 g/mol. The fraction of sp³-hybridized carbons (Fsp3) is 0.529. The summed E-state index contributed by atoms with van der Waals surface area (Å²) in [5, 5.41) is 0. The number of ether oxygens (including phenoxy) is 1. The van der Waals surface area contributed by atoms with E-state index in [0.29, 0.717) is 25.8 Å². The average molecular weight is 340 g/mol. The van der Waals surface area contributed by atoms with Crippen LogP contribution >= 0.6 is 0 Å². The molecule has 1 aromatic carbocycles. The molecule has 0 radical (unpaired) electrons. The quantitative estimate of drug-likeness (QED) is 0.709. The number of hydrogen-bond donors (Lipinski definition) is 0. The van der Waals surface area contributed by atoms with Gasteiger partial charge < -0.3 is 9.64 Å². The van der Waals surface area contributed by atoms with E-state index in [2.05, 4.69) is 4.90 Å². The SMILES string of the molecule is CN(CCN1CCOCC1)C(=O)CCC(=O)c1ccc(F)cc1F. The van der Waals surface area contributed by atoms with Crippen molar-refractivity contribution in [2.75, 3.05) is 46.4 Å². The average Bonchev–Trinajstić information content (AvgIpc) is 2.58. The van der Waals surface area contributed by atoms with Crippen molar-refractivity contribution in [3.63, 3.8) is 0 Å². The number of morpholine rings is 1. The van der Waals surface area contributed by atoms with Gasteiger partial charge in [-0.1, -0.05) is 0 Å². The number of carbonyl (C=O) groups is 2. The first-order chi connectivity index (χ1) is 11.5. The molecule has 0 unspecified atom stereocenters. The third kappa shape index (κ3) is 5.35. The second kappa shape index (κ2) is 8.84. The van der Waals surface area contributed by atoms with Crippen LogP contribution in [0.5, 0.6) is 0 Å². The first-order valence-corrected chi connectivity index (χ1v) is 7.99. The van der Waals surface area contributed by atoms with Gasteiger partial charge in [0.15, 0.2) is 5.78 Å². The maximum absolute atomic E-state index is 13.5. The number of nitrogens with zero attached hydrogens (tertiary/aromatic N) is 2. The molecule has 1 aromatic rings. The summed E-state index contributed by atoms with van der Waals surface area (Å²) in [7, 11) is 1.69. The Hall–Kier alpha value is -1.86. The summed E-state index contributed by atoms with van der Waals surface area (Å²) in [5.74, 6) is -2.29. The van der Waals surface area contributed by atoms with E-state index in [0.717, 1.165) is 31.8 Å². The number of Topliss-reactive ketones (excluding diaryl/α,β-unsaturated/α-hetero) is 1. The Balaban J connectivity index is 1.75. The fourth-order valence-electron chi connectivity index (χ4n) is 2.50. The molecule has 132 valence electrons. The Morgan fingerprint density at radius 1 is 1.21 bits per heavy atom. The van der Waals surface area contributed by atoms with Crippen molar-refractivity contribution in [3.05, 3.63) is 35.4 Å². The smallest absolute Gasteiger partial charge is 0.222 e. The highest BCUT2D eigenvalue weighted by atomic mass is 19.1. The molecule has 0 N–H and O–H groups in total. The summed E-state index contributed by atoms with van der Waals surface area (Å²) >= 11 is 0. The molecule has 0 saturated carbocycles. The summed E-state index contributed by atoms with van der Waals surface area (Å²) in [6, 6.07) is 2.82. The van der Waals surface area contributed by atoms with Gasteiger partial charge in [0.05, 0.1) is 18.8 Å². The van der Waals surface area contributed by atoms with Crippen LogP contribution in [0.4, 0.5) is 8.78 Å². The molecule has 1 fully saturated rings. The van der Waals surface area contributed by atoms with E-state index < -0.39 is 17.4 Å². The lowest BCUT2D eigenvalue weighted by molar-refractivity contribution is -0.130. The van der Waals surface area contributed by atoms with Crippen molar-refractivity contribution >= 4 is 11.7 Å². The zero-order chi connectivity index (χ0) is 17.5. The number of rotatable bonds is 7. The minimum atomic E-state index is -0.895. The molecule has 1 aliphatic heterocycles. The van der Waals surface area contributed by atoms with E-state index in [-0.39, 0.29) is 24.3 Å². The molecule has 0 spiro atoms. The predicted molar refractivity (Wildman–Crippen MR) is 84.8 cm³/mol. The maximum atomic E-state index is 13.5. The predicted octanol–water partition coefficient (Wildman–Crippen LogP) is 1.72. The van der Waals surface area contributed by atoms with Crippen LogP contribution in [-0.4, -0.2) is 67.9 Å². The minimum absolute atomic E-state index is 0.00919. The normalized spacial score (nSPS) is 15.3. The van der Waals surface area contributed by atoms with E-state index in [1.54, 1.807) is 11.9 Å². The van der Waals surface area contributed by atoms with Crippen LogP contribution in [0.1, 0.15) is 23.2 Å². The van der Waals surface area contributed by atoms with E-state index in [1.165, 1.54) is 0 Å². The fourth-order valence-corrected chi connectivity index (χ4v) is 2.50. The Morgan fingerprint density at radius 2 is 1.92 bits per heavy atom. The molecule has 0 atom stereocenters. The van der Waals surface area contributed by atoms with Crippen LogP contribution in [0.3, 0.4) is 0 Å². The Labute approximate surface area is 140 Å². The lowest BCUT2D eigenvalue weighted by Crippen LogP contribution is -2.41. The van der Waals surface area contributed by atoms with Crippen LogP contribution in [0, 0.1) is 11.6 Å². The number of hydrogen-bond acceptors (Lipinski definition) is 4. The highest BCUT2D eigenvalue weighted by Crippen LogP contribution is 2.13. The molecular formula is C17H22F2N2O3. The molecule has 1 saturated heterocycles. The van der Waals surface area contributed by atoms with Gasteiger partial charge in [-0.3, -0.25) is 14.5 Å². The minimum Gasteiger partial charge on any atom is -0.379 e. The molecule has 1 aliphatic rings. The maximum Gasteiger partial charge on any atom is 0.222 e. The molecule has 0 aliphatic carbocycles. The summed E-state index contributed by atoms with van der Waals surface area (Å²) in [6.45, 7) is 4.43. The van der Waals surface area contributed by atoms with Crippen LogP contribution in [0.25, 0.3) is 0 Å². The van der Waals surface area contributed by atoms with Crippen LogP contribution in [0.2, 0.25) is 0 Å². The zero-order valence-corrected chi connectivity index (χ0v) is 13.8. The van der Waals surface area contributed by atoms with Crippen LogP contribution in [-0.2, 0) is 9.53 Å². The Kier molecular flexibility index (Phi) is 6.81. The van der Waals surface area contributed by atoms with Gasteiger partial charge in [-0.15, -0.1) is 0 Å². The summed E-state index contributed by atoms with van der Waals surface area (Å²) in [5.41, 5.74) is -0.180. The summed E-state index contributed by atoms with van der Waals surface area (Å²) < 4.78 is 31.6. The van der Waals surface area contributed by atoms with Gasteiger partial charge >= 0.3 is 0 Å². The molecule has 0 bridgehead atoms. The molecule has 1 amide bonds. The zero-order valence-electron chi connectivity index (χ0n) is 13.8. The van der Waals surface area contributed by atoms with E-state index in [1.807, 2.05) is 0 Å². The lowest BCUT2D eigenvalue weighted by atomic mass is 10.1. The number of benzene rings is 1. The highest BCUT2D eigenvalue weighted by molar-refractivity contribution is 5.98. The number of ketones is 1. The van der Waals surface area contributed by atoms with Crippen LogP contribution < -0.4 is 0 Å². The molecule has 7 heteroatoms. The topological polar surface area (TPSA) is 49.9 Å². The molecule has 1 heterocycles. The van der Waals surface area contributed by atoms with Gasteiger partial charge in [0.2, 0.25) is 5.91 Å². The second-order valence-electron chi connectivity index (χ2n) is 5.82. The number of carbonyl (C=O) groups excluding carboxylic acids is 2.